The lowest BCUT2D eigenvalue weighted by Gasteiger charge is -2.10. The van der Waals surface area contributed by atoms with Crippen molar-refractivity contribution < 1.29 is 23.5 Å². The molecule has 0 bridgehead atoms. The molecule has 1 aromatic carbocycles. The topological polar surface area (TPSA) is 64.6 Å². The molecule has 102 valence electrons. The molecule has 19 heavy (non-hydrogen) atoms. The van der Waals surface area contributed by atoms with Crippen molar-refractivity contribution in [3.8, 4) is 0 Å². The van der Waals surface area contributed by atoms with Crippen molar-refractivity contribution in [2.45, 2.75) is 0 Å². The van der Waals surface area contributed by atoms with E-state index in [1.54, 1.807) is 6.07 Å². The van der Waals surface area contributed by atoms with E-state index in [2.05, 4.69) is 30.7 Å². The summed E-state index contributed by atoms with van der Waals surface area (Å²) >= 11 is 3.01. The van der Waals surface area contributed by atoms with Gasteiger partial charge in [0.15, 0.2) is 5.82 Å². The smallest absolute Gasteiger partial charge is 0.354 e. The molecule has 0 aliphatic heterocycles. The molecular weight excluding hydrogens is 321 g/mol. The summed E-state index contributed by atoms with van der Waals surface area (Å²) < 4.78 is 22.9. The van der Waals surface area contributed by atoms with Crippen LogP contribution in [0.25, 0.3) is 0 Å². The minimum absolute atomic E-state index is 0.0231. The normalized spacial score (nSPS) is 10.8. The van der Waals surface area contributed by atoms with E-state index in [0.29, 0.717) is 0 Å². The molecule has 0 radical (unpaired) electrons. The van der Waals surface area contributed by atoms with Gasteiger partial charge in [-0.3, -0.25) is 0 Å². The maximum Gasteiger partial charge on any atom is 0.354 e. The number of ether oxygens (including phenoxy) is 2. The molecule has 0 amide bonds. The zero-order valence-electron chi connectivity index (χ0n) is 10.2. The number of methoxy groups -OCH3 is 2. The highest BCUT2D eigenvalue weighted by Crippen LogP contribution is 2.23. The van der Waals surface area contributed by atoms with Gasteiger partial charge in [-0.05, 0) is 28.1 Å². The fourth-order valence-corrected chi connectivity index (χ4v) is 1.54. The Bertz CT molecular complexity index is 530. The van der Waals surface area contributed by atoms with Crippen molar-refractivity contribution in [1.29, 1.82) is 0 Å². The Labute approximate surface area is 117 Å². The number of halogens is 2. The highest BCUT2D eigenvalue weighted by atomic mass is 79.9. The Morgan fingerprint density at radius 2 is 2.00 bits per heavy atom. The monoisotopic (exact) mass is 331 g/mol. The van der Waals surface area contributed by atoms with E-state index in [4.69, 9.17) is 0 Å². The largest absolute Gasteiger partial charge is 0.466 e. The Balaban J connectivity index is 3.08. The minimum atomic E-state index is -0.815. The molecule has 5 nitrogen and oxygen atoms in total. The van der Waals surface area contributed by atoms with Gasteiger partial charge in [-0.25, -0.2) is 14.0 Å². The van der Waals surface area contributed by atoms with Crippen LogP contribution in [0.4, 0.5) is 10.1 Å². The van der Waals surface area contributed by atoms with E-state index in [1.807, 2.05) is 0 Å². The number of esters is 2. The Morgan fingerprint density at radius 1 is 1.32 bits per heavy atom. The molecule has 7 heteroatoms. The lowest BCUT2D eigenvalue weighted by atomic mass is 10.3. The predicted octanol–water partition coefficient (Wildman–Crippen LogP) is 2.23. The van der Waals surface area contributed by atoms with Gasteiger partial charge in [0.2, 0.25) is 0 Å². The van der Waals surface area contributed by atoms with E-state index in [9.17, 15) is 14.0 Å². The summed E-state index contributed by atoms with van der Waals surface area (Å²) in [4.78, 5) is 22.6. The van der Waals surface area contributed by atoms with Crippen molar-refractivity contribution in [1.82, 2.24) is 0 Å². The number of nitrogens with one attached hydrogen (secondary N) is 1. The van der Waals surface area contributed by atoms with Crippen LogP contribution < -0.4 is 5.32 Å². The first kappa shape index (κ1) is 15.2. The minimum Gasteiger partial charge on any atom is -0.466 e. The molecule has 1 N–H and O–H groups in total. The van der Waals surface area contributed by atoms with Gasteiger partial charge in [-0.2, -0.15) is 0 Å². The molecule has 0 aliphatic rings. The van der Waals surface area contributed by atoms with Crippen molar-refractivity contribution in [3.05, 3.63) is 40.3 Å². The number of benzene rings is 1. The second-order valence-corrected chi connectivity index (χ2v) is 4.15. The molecule has 0 aliphatic carbocycles. The average Bonchev–Trinajstić information content (AvgIpc) is 2.41. The summed E-state index contributed by atoms with van der Waals surface area (Å²) in [6.07, 6.45) is 0.881. The summed E-state index contributed by atoms with van der Waals surface area (Å²) in [6, 6.07) is 4.49. The second-order valence-electron chi connectivity index (χ2n) is 3.30. The van der Waals surface area contributed by atoms with E-state index >= 15 is 0 Å². The molecule has 1 aromatic rings. The first-order valence-corrected chi connectivity index (χ1v) is 5.88. The molecular formula is C12H11BrFNO4. The molecule has 0 aromatic heterocycles. The van der Waals surface area contributed by atoms with Gasteiger partial charge in [0.05, 0.1) is 30.5 Å². The maximum atomic E-state index is 13.7. The predicted molar refractivity (Wildman–Crippen MR) is 69.8 cm³/mol. The summed E-state index contributed by atoms with van der Waals surface area (Å²) in [5.74, 6) is -2.17. The molecule has 0 fully saturated rings. The van der Waals surface area contributed by atoms with E-state index < -0.39 is 17.8 Å². The van der Waals surface area contributed by atoms with Gasteiger partial charge >= 0.3 is 11.9 Å². The number of hydrogen-bond donors (Lipinski definition) is 1. The van der Waals surface area contributed by atoms with E-state index in [-0.39, 0.29) is 15.9 Å². The van der Waals surface area contributed by atoms with Crippen LogP contribution >= 0.6 is 15.9 Å². The molecule has 1 rings (SSSR count). The molecule has 0 heterocycles. The van der Waals surface area contributed by atoms with Crippen molar-refractivity contribution >= 4 is 33.6 Å². The van der Waals surface area contributed by atoms with E-state index in [1.165, 1.54) is 12.1 Å². The standard InChI is InChI=1S/C12H11BrFNO4/c1-18-10(16)6-9(12(17)19-2)15-8-5-3-4-7(13)11(8)14/h3-6,15H,1-2H3/b9-6+. The van der Waals surface area contributed by atoms with Gasteiger partial charge < -0.3 is 14.8 Å². The SMILES string of the molecule is COC(=O)/C=C(/Nc1cccc(Br)c1F)C(=O)OC. The first-order chi connectivity index (χ1) is 8.99. The van der Waals surface area contributed by atoms with Crippen molar-refractivity contribution in [2.75, 3.05) is 19.5 Å². The highest BCUT2D eigenvalue weighted by Gasteiger charge is 2.15. The zero-order chi connectivity index (χ0) is 14.4. The third-order valence-corrected chi connectivity index (χ3v) is 2.70. The number of carbonyl (C=O) groups is 2. The Hall–Kier alpha value is -1.89. The summed E-state index contributed by atoms with van der Waals surface area (Å²) in [5, 5.41) is 2.48. The molecule has 0 saturated carbocycles. The van der Waals surface area contributed by atoms with Crippen LogP contribution in [-0.4, -0.2) is 26.2 Å². The van der Waals surface area contributed by atoms with Crippen molar-refractivity contribution in [2.24, 2.45) is 0 Å². The fourth-order valence-electron chi connectivity index (χ4n) is 1.18. The van der Waals surface area contributed by atoms with Crippen LogP contribution in [0.3, 0.4) is 0 Å². The molecule has 0 saturated heterocycles. The number of hydrogen-bond acceptors (Lipinski definition) is 5. The van der Waals surface area contributed by atoms with E-state index in [0.717, 1.165) is 20.3 Å². The first-order valence-electron chi connectivity index (χ1n) is 5.08. The van der Waals surface area contributed by atoms with Crippen LogP contribution in [0.15, 0.2) is 34.4 Å². The van der Waals surface area contributed by atoms with Crippen LogP contribution in [0.1, 0.15) is 0 Å². The average molecular weight is 332 g/mol. The maximum absolute atomic E-state index is 13.7. The number of carbonyl (C=O) groups excluding carboxylic acids is 2. The molecule has 0 atom stereocenters. The lowest BCUT2D eigenvalue weighted by molar-refractivity contribution is -0.138. The van der Waals surface area contributed by atoms with Gasteiger partial charge in [0, 0.05) is 0 Å². The highest BCUT2D eigenvalue weighted by molar-refractivity contribution is 9.10. The Kier molecular flexibility index (Phi) is 5.50. The lowest BCUT2D eigenvalue weighted by Crippen LogP contribution is -2.16. The summed E-state index contributed by atoms with van der Waals surface area (Å²) in [6.45, 7) is 0. The van der Waals surface area contributed by atoms with Gasteiger partial charge in [0.1, 0.15) is 5.70 Å². The van der Waals surface area contributed by atoms with Crippen LogP contribution in [0, 0.1) is 5.82 Å². The van der Waals surface area contributed by atoms with Crippen LogP contribution in [-0.2, 0) is 19.1 Å². The third kappa shape index (κ3) is 4.06. The molecule has 0 spiro atoms. The number of rotatable bonds is 4. The zero-order valence-corrected chi connectivity index (χ0v) is 11.8. The third-order valence-electron chi connectivity index (χ3n) is 2.09. The van der Waals surface area contributed by atoms with Crippen molar-refractivity contribution in [3.63, 3.8) is 0 Å². The number of anilines is 1. The van der Waals surface area contributed by atoms with Crippen LogP contribution in [0.2, 0.25) is 0 Å². The summed E-state index contributed by atoms with van der Waals surface area (Å²) in [7, 11) is 2.31. The van der Waals surface area contributed by atoms with Gasteiger partial charge in [-0.1, -0.05) is 6.07 Å². The quantitative estimate of drug-likeness (QED) is 0.677. The fraction of sp³-hybridized carbons (Fsp3) is 0.167. The second kappa shape index (κ2) is 6.89. The van der Waals surface area contributed by atoms with Crippen LogP contribution in [0.5, 0.6) is 0 Å². The summed E-state index contributed by atoms with van der Waals surface area (Å²) in [5.41, 5.74) is -0.207. The van der Waals surface area contributed by atoms with Gasteiger partial charge in [-0.15, -0.1) is 0 Å². The van der Waals surface area contributed by atoms with Gasteiger partial charge in [0.25, 0.3) is 0 Å². The molecule has 0 unspecified atom stereocenters. The Morgan fingerprint density at radius 3 is 2.58 bits per heavy atom.